The van der Waals surface area contributed by atoms with E-state index in [0.29, 0.717) is 11.1 Å². The third-order valence-electron chi connectivity index (χ3n) is 8.75. The van der Waals surface area contributed by atoms with E-state index in [4.69, 9.17) is 41.2 Å². The lowest BCUT2D eigenvalue weighted by molar-refractivity contribution is 0.261. The van der Waals surface area contributed by atoms with Crippen molar-refractivity contribution in [1.82, 2.24) is 0 Å². The molecule has 0 aromatic heterocycles. The maximum Gasteiger partial charge on any atom is 0.317 e. The standard InChI is InChI=1S/C25H70O10Si11/c1-11-15-23(3)19-22-46(10)34-42(8)32-45(33-43(9)35-46)24(4)17-13-14-20-36-26-38-27-37-25(16-12-2)18-21-44-30-40(6)28-39(5)29-41(7)31-44/h23-25,39-45H,11-22,36-38H2,1-10H3. The molecule has 7 unspecified atom stereocenters. The molecule has 46 heavy (non-hydrogen) atoms. The lowest BCUT2D eigenvalue weighted by Gasteiger charge is -2.39. The second-order valence-electron chi connectivity index (χ2n) is 13.7. The summed E-state index contributed by atoms with van der Waals surface area (Å²) >= 11 is 0. The summed E-state index contributed by atoms with van der Waals surface area (Å²) in [5, 5.41) is 0. The Labute approximate surface area is 302 Å². The molecule has 0 bridgehead atoms. The number of hydrogen-bond acceptors (Lipinski definition) is 10. The van der Waals surface area contributed by atoms with Crippen molar-refractivity contribution in [2.75, 3.05) is 0 Å². The van der Waals surface area contributed by atoms with Gasteiger partial charge in [-0.05, 0) is 93.7 Å². The normalized spacial score (nSPS) is 34.2. The Bertz CT molecular complexity index is 760. The molecule has 10 nitrogen and oxygen atoms in total. The van der Waals surface area contributed by atoms with Gasteiger partial charge in [-0.3, -0.25) is 0 Å². The first kappa shape index (κ1) is 44.1. The Balaban J connectivity index is 1.59. The zero-order chi connectivity index (χ0) is 34.0. The molecule has 0 N–H and O–H groups in total. The van der Waals surface area contributed by atoms with Crippen molar-refractivity contribution in [3.05, 3.63) is 0 Å². The van der Waals surface area contributed by atoms with Gasteiger partial charge >= 0.3 is 27.1 Å². The first-order valence-electron chi connectivity index (χ1n) is 18.4. The van der Waals surface area contributed by atoms with Crippen molar-refractivity contribution in [3.63, 3.8) is 0 Å². The van der Waals surface area contributed by atoms with Gasteiger partial charge in [0.15, 0.2) is 9.76 Å². The third-order valence-corrected chi connectivity index (χ3v) is 41.0. The smallest absolute Gasteiger partial charge is 0.317 e. The maximum atomic E-state index is 6.63. The predicted molar refractivity (Wildman–Crippen MR) is 217 cm³/mol. The minimum Gasteiger partial charge on any atom is -0.446 e. The molecule has 0 spiro atoms. The molecule has 274 valence electrons. The predicted octanol–water partition coefficient (Wildman–Crippen LogP) is 2.89. The van der Waals surface area contributed by atoms with Crippen LogP contribution >= 0.6 is 0 Å². The summed E-state index contributed by atoms with van der Waals surface area (Å²) in [6, 6.07) is 3.34. The first-order chi connectivity index (χ1) is 21.9. The van der Waals surface area contributed by atoms with Gasteiger partial charge in [0.25, 0.3) is 56.4 Å². The molecular weight excluding hydrogens is 769 g/mol. The van der Waals surface area contributed by atoms with Crippen LogP contribution in [0.3, 0.4) is 0 Å². The fraction of sp³-hybridized carbons (Fsp3) is 1.00. The zero-order valence-electron chi connectivity index (χ0n) is 31.0. The molecule has 0 radical (unpaired) electrons. The molecule has 0 aromatic carbocycles. The zero-order valence-corrected chi connectivity index (χ0v) is 44.3. The Morgan fingerprint density at radius 3 is 1.89 bits per heavy atom. The van der Waals surface area contributed by atoms with E-state index in [9.17, 15) is 0 Å². The Hall–Kier alpha value is 1.99. The molecule has 0 aliphatic carbocycles. The van der Waals surface area contributed by atoms with Crippen molar-refractivity contribution in [3.8, 4) is 0 Å². The lowest BCUT2D eigenvalue weighted by atomic mass is 10.0. The molecule has 2 heterocycles. The largest absolute Gasteiger partial charge is 0.446 e. The first-order valence-corrected chi connectivity index (χ1v) is 38.9. The summed E-state index contributed by atoms with van der Waals surface area (Å²) in [6.07, 6.45) is 10.9. The highest BCUT2D eigenvalue weighted by atomic mass is 28.5. The van der Waals surface area contributed by atoms with Crippen molar-refractivity contribution in [2.24, 2.45) is 5.92 Å². The average molecular weight is 840 g/mol. The van der Waals surface area contributed by atoms with Crippen LogP contribution in [0.25, 0.3) is 0 Å². The van der Waals surface area contributed by atoms with E-state index in [-0.39, 0.29) is 0 Å². The van der Waals surface area contributed by atoms with Crippen LogP contribution in [0.4, 0.5) is 0 Å². The Morgan fingerprint density at radius 2 is 1.28 bits per heavy atom. The van der Waals surface area contributed by atoms with Crippen LogP contribution in [-0.2, 0) is 41.2 Å². The van der Waals surface area contributed by atoms with Gasteiger partial charge in [0.2, 0.25) is 0 Å². The number of rotatable bonds is 21. The van der Waals surface area contributed by atoms with E-state index < -0.39 is 103 Å². The summed E-state index contributed by atoms with van der Waals surface area (Å²) in [5.74, 6) is 0.727. The van der Waals surface area contributed by atoms with Gasteiger partial charge < -0.3 is 41.2 Å². The van der Waals surface area contributed by atoms with Crippen molar-refractivity contribution in [2.45, 2.75) is 154 Å². The molecule has 0 saturated carbocycles. The maximum absolute atomic E-state index is 6.63. The molecular formula is C25H70O10Si11. The van der Waals surface area contributed by atoms with Crippen LogP contribution in [0.5, 0.6) is 0 Å². The monoisotopic (exact) mass is 838 g/mol. The minimum absolute atomic E-state index is 0.481. The SMILES string of the molecule is CCCC(C)CC[Si]1(C)O[SiH](C)O[SiH](C(C)CCCC[SiH2]O[SiH2]O[SiH2]C(CCC)CC[SiH]2O[SiH](C)O[SiH](C)O[SiH](C)O2)O[SiH](C)O1. The summed E-state index contributed by atoms with van der Waals surface area (Å²) in [6.45, 7) is 22.1. The average Bonchev–Trinajstić information content (AvgIpc) is 2.95. The van der Waals surface area contributed by atoms with Crippen molar-refractivity contribution < 1.29 is 41.2 Å². The topological polar surface area (TPSA) is 92.3 Å². The highest BCUT2D eigenvalue weighted by Crippen LogP contribution is 2.29. The van der Waals surface area contributed by atoms with Gasteiger partial charge in [-0.25, -0.2) is 0 Å². The molecule has 2 rings (SSSR count). The van der Waals surface area contributed by atoms with Crippen molar-refractivity contribution >= 4 is 103 Å². The second kappa shape index (κ2) is 25.0. The van der Waals surface area contributed by atoms with Gasteiger partial charge in [0, 0.05) is 0 Å². The fourth-order valence-corrected chi connectivity index (χ4v) is 42.1. The van der Waals surface area contributed by atoms with E-state index in [1.54, 1.807) is 0 Å². The molecule has 21 heteroatoms. The Morgan fingerprint density at radius 1 is 0.674 bits per heavy atom. The highest BCUT2D eigenvalue weighted by Gasteiger charge is 2.41. The van der Waals surface area contributed by atoms with E-state index in [1.807, 2.05) is 0 Å². The van der Waals surface area contributed by atoms with Crippen LogP contribution in [0.1, 0.15) is 85.5 Å². The van der Waals surface area contributed by atoms with Crippen LogP contribution in [0, 0.1) is 5.92 Å². The van der Waals surface area contributed by atoms with Crippen LogP contribution in [0.2, 0.25) is 68.5 Å². The minimum atomic E-state index is -2.22. The highest BCUT2D eigenvalue weighted by molar-refractivity contribution is 6.81. The molecule has 2 fully saturated rings. The number of hydrogen-bond donors (Lipinski definition) is 0. The summed E-state index contributed by atoms with van der Waals surface area (Å²) in [4.78, 5) is 0. The fourth-order valence-electron chi connectivity index (χ4n) is 6.37. The van der Waals surface area contributed by atoms with E-state index >= 15 is 0 Å². The van der Waals surface area contributed by atoms with Gasteiger partial charge in [0.1, 0.15) is 9.76 Å². The van der Waals surface area contributed by atoms with Gasteiger partial charge in [-0.1, -0.05) is 66.2 Å². The van der Waals surface area contributed by atoms with E-state index in [2.05, 4.69) is 67.0 Å². The van der Waals surface area contributed by atoms with Crippen LogP contribution < -0.4 is 0 Å². The molecule has 2 saturated heterocycles. The molecule has 7 atom stereocenters. The molecule has 2 aliphatic rings. The molecule has 0 aromatic rings. The second-order valence-corrected chi connectivity index (χ2v) is 40.0. The number of unbranched alkanes of at least 4 members (excludes halogenated alkanes) is 1. The molecule has 0 amide bonds. The van der Waals surface area contributed by atoms with E-state index in [0.717, 1.165) is 30.8 Å². The third kappa shape index (κ3) is 19.6. The summed E-state index contributed by atoms with van der Waals surface area (Å²) < 4.78 is 63.6. The van der Waals surface area contributed by atoms with Crippen LogP contribution in [-0.4, -0.2) is 103 Å². The lowest BCUT2D eigenvalue weighted by Crippen LogP contribution is -2.54. The summed E-state index contributed by atoms with van der Waals surface area (Å²) in [7, 11) is -15.9. The van der Waals surface area contributed by atoms with Gasteiger partial charge in [-0.2, -0.15) is 0 Å². The van der Waals surface area contributed by atoms with E-state index in [1.165, 1.54) is 51.0 Å². The van der Waals surface area contributed by atoms with Gasteiger partial charge in [-0.15, -0.1) is 0 Å². The van der Waals surface area contributed by atoms with Crippen molar-refractivity contribution in [1.29, 1.82) is 0 Å². The summed E-state index contributed by atoms with van der Waals surface area (Å²) in [5.41, 5.74) is 1.18. The van der Waals surface area contributed by atoms with Gasteiger partial charge in [0.05, 0.1) is 0 Å². The van der Waals surface area contributed by atoms with Crippen LogP contribution in [0.15, 0.2) is 0 Å². The Kier molecular flexibility index (Phi) is 24.0. The quantitative estimate of drug-likeness (QED) is 0.127. The molecule has 2 aliphatic heterocycles.